The minimum Gasteiger partial charge on any atom is -0.497 e. The molecule has 84 valence electrons. The molecular weight excluding hydrogens is 208 g/mol. The number of ether oxygens (including phenoxy) is 2. The molecule has 0 bridgehead atoms. The van der Waals surface area contributed by atoms with Crippen molar-refractivity contribution in [1.82, 2.24) is 0 Å². The summed E-state index contributed by atoms with van der Waals surface area (Å²) < 4.78 is 10.6. The summed E-state index contributed by atoms with van der Waals surface area (Å²) in [6.07, 6.45) is 3.30. The Kier molecular flexibility index (Phi) is 2.70. The van der Waals surface area contributed by atoms with E-state index in [0.717, 1.165) is 5.57 Å². The number of urea groups is 1. The molecule has 0 aromatic rings. The molecule has 0 aromatic heterocycles. The number of carbonyl (C=O) groups is 1. The highest BCUT2D eigenvalue weighted by atomic mass is 16.5. The Hall–Kier alpha value is -1.75. The van der Waals surface area contributed by atoms with E-state index in [-0.39, 0.29) is 6.10 Å². The zero-order chi connectivity index (χ0) is 11.7. The minimum absolute atomic E-state index is 0.252. The van der Waals surface area contributed by atoms with E-state index in [1.54, 1.807) is 33.3 Å². The van der Waals surface area contributed by atoms with E-state index in [1.807, 2.05) is 0 Å². The van der Waals surface area contributed by atoms with E-state index in [2.05, 4.69) is 9.98 Å². The van der Waals surface area contributed by atoms with Gasteiger partial charge in [0.15, 0.2) is 0 Å². The standard InChI is InChI=1S/C11H12N2O3/c1-6-9-7(13-11(14)12-6)4-5-8(15-2)10(9)16-3/h4-5,8H,1-3H3. The lowest BCUT2D eigenvalue weighted by Crippen LogP contribution is -2.28. The van der Waals surface area contributed by atoms with Gasteiger partial charge in [-0.1, -0.05) is 0 Å². The first-order valence-electron chi connectivity index (χ1n) is 4.85. The van der Waals surface area contributed by atoms with Gasteiger partial charge in [-0.15, -0.1) is 0 Å². The van der Waals surface area contributed by atoms with Gasteiger partial charge in [0.2, 0.25) is 0 Å². The summed E-state index contributed by atoms with van der Waals surface area (Å²) >= 11 is 0. The van der Waals surface area contributed by atoms with Crippen molar-refractivity contribution >= 4 is 17.5 Å². The molecule has 0 radical (unpaired) electrons. The van der Waals surface area contributed by atoms with Crippen molar-refractivity contribution in [2.45, 2.75) is 13.0 Å². The second-order valence-electron chi connectivity index (χ2n) is 3.44. The second-order valence-corrected chi connectivity index (χ2v) is 3.44. The maximum absolute atomic E-state index is 11.2. The average molecular weight is 220 g/mol. The number of carbonyl (C=O) groups excluding carboxylic acids is 1. The maximum atomic E-state index is 11.2. The quantitative estimate of drug-likeness (QED) is 0.708. The van der Waals surface area contributed by atoms with Crippen LogP contribution in [0.4, 0.5) is 4.79 Å². The molecule has 2 aliphatic rings. The van der Waals surface area contributed by atoms with Gasteiger partial charge in [-0.2, -0.15) is 9.98 Å². The van der Waals surface area contributed by atoms with E-state index < -0.39 is 6.03 Å². The lowest BCUT2D eigenvalue weighted by molar-refractivity contribution is 0.109. The van der Waals surface area contributed by atoms with E-state index in [4.69, 9.17) is 9.47 Å². The van der Waals surface area contributed by atoms with E-state index in [9.17, 15) is 4.79 Å². The first-order valence-corrected chi connectivity index (χ1v) is 4.85. The van der Waals surface area contributed by atoms with Crippen LogP contribution in [0.2, 0.25) is 0 Å². The van der Waals surface area contributed by atoms with Crippen LogP contribution >= 0.6 is 0 Å². The number of methoxy groups -OCH3 is 2. The Labute approximate surface area is 93.2 Å². The van der Waals surface area contributed by atoms with Gasteiger partial charge in [-0.25, -0.2) is 4.79 Å². The van der Waals surface area contributed by atoms with Crippen LogP contribution in [0.15, 0.2) is 33.5 Å². The Morgan fingerprint density at radius 3 is 2.69 bits per heavy atom. The zero-order valence-corrected chi connectivity index (χ0v) is 9.35. The molecule has 1 aliphatic carbocycles. The summed E-state index contributed by atoms with van der Waals surface area (Å²) in [5.74, 6) is 0.637. The number of fused-ring (bicyclic) bond motifs is 1. The average Bonchev–Trinajstić information content (AvgIpc) is 2.27. The molecule has 0 spiro atoms. The van der Waals surface area contributed by atoms with Crippen molar-refractivity contribution < 1.29 is 14.3 Å². The first-order chi connectivity index (χ1) is 7.67. The summed E-state index contributed by atoms with van der Waals surface area (Å²) in [6, 6.07) is -0.479. The Balaban J connectivity index is 2.55. The first kappa shape index (κ1) is 10.8. The minimum atomic E-state index is -0.479. The van der Waals surface area contributed by atoms with Crippen molar-refractivity contribution in [3.05, 3.63) is 23.5 Å². The highest BCUT2D eigenvalue weighted by Crippen LogP contribution is 2.24. The molecule has 1 atom stereocenters. The number of aliphatic imine (C=N–C) groups is 2. The van der Waals surface area contributed by atoms with Gasteiger partial charge in [-0.05, 0) is 19.1 Å². The topological polar surface area (TPSA) is 60.2 Å². The Morgan fingerprint density at radius 1 is 1.31 bits per heavy atom. The molecule has 0 N–H and O–H groups in total. The molecule has 0 saturated heterocycles. The van der Waals surface area contributed by atoms with E-state index >= 15 is 0 Å². The van der Waals surface area contributed by atoms with Crippen LogP contribution in [0.3, 0.4) is 0 Å². The summed E-state index contributed by atoms with van der Waals surface area (Å²) in [6.45, 7) is 1.76. The molecular formula is C11H12N2O3. The van der Waals surface area contributed by atoms with Gasteiger partial charge < -0.3 is 9.47 Å². The molecule has 1 aliphatic heterocycles. The third-order valence-corrected chi connectivity index (χ3v) is 2.50. The smallest absolute Gasteiger partial charge is 0.367 e. The number of hydrogen-bond acceptors (Lipinski definition) is 3. The van der Waals surface area contributed by atoms with Gasteiger partial charge in [0.1, 0.15) is 11.9 Å². The fourth-order valence-electron chi connectivity index (χ4n) is 1.81. The predicted molar refractivity (Wildman–Crippen MR) is 59.9 cm³/mol. The number of allylic oxidation sites excluding steroid dienone is 2. The predicted octanol–water partition coefficient (Wildman–Crippen LogP) is 1.51. The largest absolute Gasteiger partial charge is 0.497 e. The van der Waals surface area contributed by atoms with Crippen molar-refractivity contribution in [2.75, 3.05) is 14.2 Å². The maximum Gasteiger partial charge on any atom is 0.367 e. The molecule has 0 fully saturated rings. The van der Waals surface area contributed by atoms with Crippen molar-refractivity contribution in [1.29, 1.82) is 0 Å². The van der Waals surface area contributed by atoms with Crippen molar-refractivity contribution in [3.8, 4) is 0 Å². The normalized spacial score (nSPS) is 23.9. The fraction of sp³-hybridized carbons (Fsp3) is 0.364. The van der Waals surface area contributed by atoms with Crippen LogP contribution in [0, 0.1) is 0 Å². The van der Waals surface area contributed by atoms with Crippen molar-refractivity contribution in [2.24, 2.45) is 9.98 Å². The number of hydrogen-bond donors (Lipinski definition) is 0. The van der Waals surface area contributed by atoms with Gasteiger partial charge in [0, 0.05) is 7.11 Å². The molecule has 16 heavy (non-hydrogen) atoms. The van der Waals surface area contributed by atoms with Crippen LogP contribution in [0.5, 0.6) is 0 Å². The SMILES string of the molecule is COC1=C2C(C)=NC(=O)N=C2C=CC1OC. The molecule has 5 nitrogen and oxygen atoms in total. The third kappa shape index (κ3) is 1.59. The molecule has 2 amide bonds. The van der Waals surface area contributed by atoms with Gasteiger partial charge in [0.25, 0.3) is 0 Å². The Morgan fingerprint density at radius 2 is 2.06 bits per heavy atom. The molecule has 1 unspecified atom stereocenters. The van der Waals surface area contributed by atoms with Crippen LogP contribution in [-0.2, 0) is 9.47 Å². The second kappa shape index (κ2) is 4.02. The van der Waals surface area contributed by atoms with Gasteiger partial charge >= 0.3 is 6.03 Å². The summed E-state index contributed by atoms with van der Waals surface area (Å²) in [5, 5.41) is 0. The van der Waals surface area contributed by atoms with E-state index in [0.29, 0.717) is 17.2 Å². The van der Waals surface area contributed by atoms with Crippen LogP contribution < -0.4 is 0 Å². The lowest BCUT2D eigenvalue weighted by atomic mass is 9.95. The lowest BCUT2D eigenvalue weighted by Gasteiger charge is -2.24. The summed E-state index contributed by atoms with van der Waals surface area (Å²) in [4.78, 5) is 18.8. The molecule has 2 rings (SSSR count). The highest BCUT2D eigenvalue weighted by Gasteiger charge is 2.28. The van der Waals surface area contributed by atoms with E-state index in [1.165, 1.54) is 0 Å². The molecule has 1 heterocycles. The number of amides is 2. The fourth-order valence-corrected chi connectivity index (χ4v) is 1.81. The van der Waals surface area contributed by atoms with Crippen LogP contribution in [0.25, 0.3) is 0 Å². The van der Waals surface area contributed by atoms with Gasteiger partial charge in [-0.3, -0.25) is 0 Å². The number of rotatable bonds is 2. The zero-order valence-electron chi connectivity index (χ0n) is 9.35. The molecule has 0 saturated carbocycles. The van der Waals surface area contributed by atoms with Gasteiger partial charge in [0.05, 0.1) is 24.1 Å². The highest BCUT2D eigenvalue weighted by molar-refractivity contribution is 6.33. The number of nitrogens with zero attached hydrogens (tertiary/aromatic N) is 2. The van der Waals surface area contributed by atoms with Crippen LogP contribution in [-0.4, -0.2) is 37.8 Å². The molecule has 0 aromatic carbocycles. The monoisotopic (exact) mass is 220 g/mol. The Bertz CT molecular complexity index is 458. The van der Waals surface area contributed by atoms with Crippen molar-refractivity contribution in [3.63, 3.8) is 0 Å². The molecule has 5 heteroatoms. The third-order valence-electron chi connectivity index (χ3n) is 2.50. The summed E-state index contributed by atoms with van der Waals surface area (Å²) in [5.41, 5.74) is 1.94. The summed E-state index contributed by atoms with van der Waals surface area (Å²) in [7, 11) is 3.16. The van der Waals surface area contributed by atoms with Crippen LogP contribution in [0.1, 0.15) is 6.92 Å².